The third kappa shape index (κ3) is 5.30. The second-order valence-electron chi connectivity index (χ2n) is 7.92. The van der Waals surface area contributed by atoms with Crippen molar-refractivity contribution in [3.8, 4) is 0 Å². The van der Waals surface area contributed by atoms with E-state index in [0.717, 1.165) is 0 Å². The summed E-state index contributed by atoms with van der Waals surface area (Å²) in [5, 5.41) is 0. The Morgan fingerprint density at radius 3 is 2.68 bits per heavy atom. The molecular formula is C19H27FN2O5Si. The number of halogens is 1. The van der Waals surface area contributed by atoms with Crippen LogP contribution in [0.5, 0.6) is 0 Å². The smallest absolute Gasteiger partial charge is 0.414 e. The second kappa shape index (κ2) is 8.58. The van der Waals surface area contributed by atoms with Gasteiger partial charge in [-0.1, -0.05) is 0 Å². The maximum atomic E-state index is 14.6. The summed E-state index contributed by atoms with van der Waals surface area (Å²) in [6.45, 7) is 6.11. The van der Waals surface area contributed by atoms with Crippen molar-refractivity contribution >= 4 is 31.6 Å². The van der Waals surface area contributed by atoms with Gasteiger partial charge in [-0.05, 0) is 37.7 Å². The number of benzene rings is 1. The topological polar surface area (TPSA) is 79.3 Å². The number of ketones is 1. The van der Waals surface area contributed by atoms with Crippen LogP contribution >= 0.6 is 0 Å². The third-order valence-electron chi connectivity index (χ3n) is 4.84. The molecule has 1 amide bonds. The number of hydrogen-bond donors (Lipinski definition) is 1. The minimum Gasteiger partial charge on any atom is -0.444 e. The molecule has 0 aromatic heterocycles. The zero-order valence-electron chi connectivity index (χ0n) is 16.3. The largest absolute Gasteiger partial charge is 0.444 e. The number of anilines is 2. The van der Waals surface area contributed by atoms with E-state index in [1.165, 1.54) is 11.0 Å². The Balaban J connectivity index is 1.59. The molecule has 1 aromatic carbocycles. The summed E-state index contributed by atoms with van der Waals surface area (Å²) in [7, 11) is -2.42. The number of hydrogen-bond acceptors (Lipinski definition) is 6. The first-order chi connectivity index (χ1) is 13.2. The minimum atomic E-state index is -2.42. The first-order valence-corrected chi connectivity index (χ1v) is 12.7. The number of carbonyl (C=O) groups excluding carboxylic acids is 2. The number of Topliss-reactive ketones (excluding diaryl/α,β-unsaturated/α-hetero) is 1. The lowest BCUT2D eigenvalue weighted by Gasteiger charge is -2.29. The fraction of sp³-hybridized carbons (Fsp3) is 0.579. The molecule has 0 radical (unpaired) electrons. The first-order valence-electron chi connectivity index (χ1n) is 9.57. The van der Waals surface area contributed by atoms with Crippen LogP contribution in [0.3, 0.4) is 0 Å². The SMILES string of the molecule is C[Si](C)(O)CC(=O)CC[C@H]1CN(c2ccc(N3CCOCC3)c(F)c2)C(=O)O1. The maximum absolute atomic E-state index is 14.6. The van der Waals surface area contributed by atoms with Crippen LogP contribution in [0, 0.1) is 5.82 Å². The molecule has 2 fully saturated rings. The van der Waals surface area contributed by atoms with Crippen molar-refractivity contribution in [2.24, 2.45) is 0 Å². The fourth-order valence-electron chi connectivity index (χ4n) is 3.50. The number of nitrogens with zero attached hydrogens (tertiary/aromatic N) is 2. The molecule has 2 heterocycles. The van der Waals surface area contributed by atoms with Gasteiger partial charge in [0, 0.05) is 25.6 Å². The summed E-state index contributed by atoms with van der Waals surface area (Å²) < 4.78 is 25.2. The van der Waals surface area contributed by atoms with E-state index in [9.17, 15) is 18.8 Å². The minimum absolute atomic E-state index is 0.0189. The number of morpholine rings is 1. The molecule has 2 aliphatic heterocycles. The highest BCUT2D eigenvalue weighted by atomic mass is 28.4. The average Bonchev–Trinajstić information content (AvgIpc) is 3.00. The summed E-state index contributed by atoms with van der Waals surface area (Å²) in [6, 6.07) is 4.93. The van der Waals surface area contributed by atoms with E-state index in [2.05, 4.69) is 0 Å². The predicted molar refractivity (Wildman–Crippen MR) is 106 cm³/mol. The Bertz CT molecular complexity index is 734. The number of ether oxygens (including phenoxy) is 2. The molecule has 1 atom stereocenters. The maximum Gasteiger partial charge on any atom is 0.414 e. The van der Waals surface area contributed by atoms with Crippen molar-refractivity contribution in [3.63, 3.8) is 0 Å². The molecule has 2 saturated heterocycles. The average molecular weight is 411 g/mol. The van der Waals surface area contributed by atoms with Gasteiger partial charge >= 0.3 is 6.09 Å². The van der Waals surface area contributed by atoms with Gasteiger partial charge in [-0.2, -0.15) is 0 Å². The Kier molecular flexibility index (Phi) is 6.36. The van der Waals surface area contributed by atoms with Crippen LogP contribution < -0.4 is 9.80 Å². The molecule has 7 nitrogen and oxygen atoms in total. The molecule has 0 saturated carbocycles. The molecule has 1 aromatic rings. The van der Waals surface area contributed by atoms with Crippen LogP contribution in [0.4, 0.5) is 20.6 Å². The van der Waals surface area contributed by atoms with Crippen molar-refractivity contribution in [2.45, 2.75) is 38.1 Å². The van der Waals surface area contributed by atoms with E-state index in [-0.39, 0.29) is 30.6 Å². The number of cyclic esters (lactones) is 1. The predicted octanol–water partition coefficient (Wildman–Crippen LogP) is 2.53. The van der Waals surface area contributed by atoms with E-state index in [0.29, 0.717) is 44.1 Å². The monoisotopic (exact) mass is 410 g/mol. The third-order valence-corrected chi connectivity index (χ3v) is 6.10. The lowest BCUT2D eigenvalue weighted by molar-refractivity contribution is -0.117. The van der Waals surface area contributed by atoms with Crippen LogP contribution in [0.2, 0.25) is 19.1 Å². The normalized spacial score (nSPS) is 20.4. The van der Waals surface area contributed by atoms with Crippen molar-refractivity contribution in [1.29, 1.82) is 0 Å². The molecule has 3 rings (SSSR count). The number of amides is 1. The molecule has 1 N–H and O–H groups in total. The van der Waals surface area contributed by atoms with Crippen molar-refractivity contribution in [1.82, 2.24) is 0 Å². The highest BCUT2D eigenvalue weighted by Crippen LogP contribution is 2.29. The number of rotatable bonds is 7. The van der Waals surface area contributed by atoms with Crippen LogP contribution in [0.1, 0.15) is 12.8 Å². The first kappa shape index (κ1) is 20.8. The van der Waals surface area contributed by atoms with E-state index in [1.807, 2.05) is 4.90 Å². The van der Waals surface area contributed by atoms with Gasteiger partial charge in [0.1, 0.15) is 17.7 Å². The summed E-state index contributed by atoms with van der Waals surface area (Å²) in [5.41, 5.74) is 0.940. The Morgan fingerprint density at radius 2 is 2.04 bits per heavy atom. The summed E-state index contributed by atoms with van der Waals surface area (Å²) in [5.74, 6) is -0.407. The standard InChI is InChI=1S/C19H27FN2O5Si/c1-28(2,25)13-15(23)4-5-16-12-22(19(24)27-16)14-3-6-18(17(20)11-14)21-7-9-26-10-8-21/h3,6,11,16,25H,4-5,7-10,12-13H2,1-2H3/t16-/m0/s1. The lowest BCUT2D eigenvalue weighted by atomic mass is 10.1. The van der Waals surface area contributed by atoms with Gasteiger partial charge in [-0.25, -0.2) is 9.18 Å². The van der Waals surface area contributed by atoms with Gasteiger partial charge in [0.2, 0.25) is 0 Å². The zero-order valence-corrected chi connectivity index (χ0v) is 17.3. The van der Waals surface area contributed by atoms with Crippen molar-refractivity contribution < 1.29 is 28.2 Å². The highest BCUT2D eigenvalue weighted by Gasteiger charge is 2.33. The number of carbonyl (C=O) groups is 2. The van der Waals surface area contributed by atoms with Crippen LogP contribution in [-0.4, -0.2) is 63.9 Å². The van der Waals surface area contributed by atoms with Gasteiger partial charge in [0.15, 0.2) is 8.32 Å². The molecule has 28 heavy (non-hydrogen) atoms. The Morgan fingerprint density at radius 1 is 1.32 bits per heavy atom. The molecular weight excluding hydrogens is 383 g/mol. The molecule has 0 aliphatic carbocycles. The van der Waals surface area contributed by atoms with Crippen LogP contribution in [0.25, 0.3) is 0 Å². The van der Waals surface area contributed by atoms with E-state index < -0.39 is 20.5 Å². The summed E-state index contributed by atoms with van der Waals surface area (Å²) in [6.07, 6.45) is -0.290. The molecule has 2 aliphatic rings. The molecule has 9 heteroatoms. The molecule has 0 bridgehead atoms. The van der Waals surface area contributed by atoms with Crippen molar-refractivity contribution in [3.05, 3.63) is 24.0 Å². The molecule has 154 valence electrons. The molecule has 0 unspecified atom stereocenters. The van der Waals surface area contributed by atoms with Gasteiger partial charge in [0.05, 0.1) is 31.1 Å². The van der Waals surface area contributed by atoms with Crippen LogP contribution in [0.15, 0.2) is 18.2 Å². The Hall–Kier alpha value is -1.97. The molecule has 0 spiro atoms. The Labute approximate surface area is 165 Å². The quantitative estimate of drug-likeness (QED) is 0.696. The zero-order chi connectivity index (χ0) is 20.3. The van der Waals surface area contributed by atoms with Crippen LogP contribution in [-0.2, 0) is 14.3 Å². The van der Waals surface area contributed by atoms with Gasteiger partial charge in [-0.3, -0.25) is 9.69 Å². The van der Waals surface area contributed by atoms with Gasteiger partial charge in [0.25, 0.3) is 0 Å². The lowest BCUT2D eigenvalue weighted by Crippen LogP contribution is -2.36. The van der Waals surface area contributed by atoms with Crippen molar-refractivity contribution in [2.75, 3.05) is 42.6 Å². The highest BCUT2D eigenvalue weighted by molar-refractivity contribution is 6.72. The fourth-order valence-corrected chi connectivity index (χ4v) is 4.64. The van der Waals surface area contributed by atoms with E-state index in [4.69, 9.17) is 9.47 Å². The van der Waals surface area contributed by atoms with Gasteiger partial charge in [-0.15, -0.1) is 0 Å². The second-order valence-corrected chi connectivity index (χ2v) is 11.9. The summed E-state index contributed by atoms with van der Waals surface area (Å²) >= 11 is 0. The van der Waals surface area contributed by atoms with Gasteiger partial charge < -0.3 is 19.2 Å². The van der Waals surface area contributed by atoms with E-state index in [1.54, 1.807) is 25.2 Å². The van der Waals surface area contributed by atoms with E-state index >= 15 is 0 Å². The summed E-state index contributed by atoms with van der Waals surface area (Å²) in [4.78, 5) is 37.3.